The molecule has 0 aromatic heterocycles. The van der Waals surface area contributed by atoms with E-state index in [9.17, 15) is 13.2 Å². The summed E-state index contributed by atoms with van der Waals surface area (Å²) >= 11 is 0. The molecule has 0 saturated carbocycles. The van der Waals surface area contributed by atoms with Crippen LogP contribution in [0, 0.1) is 0 Å². The third-order valence-corrected chi connectivity index (χ3v) is 4.80. The first-order valence-corrected chi connectivity index (χ1v) is 9.50. The Bertz CT molecular complexity index is 663. The molecule has 142 valence electrons. The van der Waals surface area contributed by atoms with Gasteiger partial charge in [-0.3, -0.25) is 0 Å². The van der Waals surface area contributed by atoms with E-state index in [-0.39, 0.29) is 23.0 Å². The van der Waals surface area contributed by atoms with Gasteiger partial charge in [-0.05, 0) is 38.5 Å². The van der Waals surface area contributed by atoms with Gasteiger partial charge in [0.2, 0.25) is 10.0 Å². The highest BCUT2D eigenvalue weighted by Crippen LogP contribution is 2.24. The summed E-state index contributed by atoms with van der Waals surface area (Å²) in [4.78, 5) is 11.1. The van der Waals surface area contributed by atoms with E-state index in [0.29, 0.717) is 31.9 Å². The molecule has 1 atom stereocenters. The maximum Gasteiger partial charge on any atom is 0.335 e. The second-order valence-electron chi connectivity index (χ2n) is 5.47. The van der Waals surface area contributed by atoms with Crippen molar-refractivity contribution >= 4 is 21.7 Å². The average Bonchev–Trinajstić information content (AvgIpc) is 2.54. The summed E-state index contributed by atoms with van der Waals surface area (Å²) in [7, 11) is -2.32. The van der Waals surface area contributed by atoms with Crippen LogP contribution in [0.2, 0.25) is 0 Å². The maximum atomic E-state index is 12.6. The summed E-state index contributed by atoms with van der Waals surface area (Å²) in [6.07, 6.45) is 0.522. The number of carboxylic acids is 1. The lowest BCUT2D eigenvalue weighted by Gasteiger charge is -2.18. The first-order valence-electron chi connectivity index (χ1n) is 8.02. The first-order chi connectivity index (χ1) is 11.8. The van der Waals surface area contributed by atoms with Crippen LogP contribution < -0.4 is 10.0 Å². The lowest BCUT2D eigenvalue weighted by molar-refractivity contribution is 0.0696. The topological polar surface area (TPSA) is 114 Å². The zero-order valence-electron chi connectivity index (χ0n) is 14.7. The van der Waals surface area contributed by atoms with Crippen LogP contribution in [0.25, 0.3) is 0 Å². The fourth-order valence-electron chi connectivity index (χ4n) is 2.16. The van der Waals surface area contributed by atoms with Gasteiger partial charge in [-0.2, -0.15) is 0 Å². The molecule has 0 bridgehead atoms. The predicted molar refractivity (Wildman–Crippen MR) is 94.7 cm³/mol. The zero-order chi connectivity index (χ0) is 18.9. The number of anilines is 1. The van der Waals surface area contributed by atoms with Crippen molar-refractivity contribution in [3.63, 3.8) is 0 Å². The van der Waals surface area contributed by atoms with Crippen LogP contribution in [-0.2, 0) is 19.5 Å². The number of hydrogen-bond donors (Lipinski definition) is 3. The molecule has 0 heterocycles. The lowest BCUT2D eigenvalue weighted by atomic mass is 10.2. The number of ether oxygens (including phenoxy) is 2. The number of sulfonamides is 1. The Morgan fingerprint density at radius 3 is 2.68 bits per heavy atom. The molecule has 9 heteroatoms. The Balaban J connectivity index is 3.02. The minimum Gasteiger partial charge on any atom is -0.478 e. The smallest absolute Gasteiger partial charge is 0.335 e. The standard InChI is InChI=1S/C16H26N2O6S/c1-4-24-9-5-8-17-25(21,22)15-10-13(16(19)20)6-7-14(15)18-12(2)11-23-3/h6-7,10,12,17-18H,4-5,8-9,11H2,1-3H3,(H,19,20). The van der Waals surface area contributed by atoms with Gasteiger partial charge in [0.25, 0.3) is 0 Å². The third-order valence-electron chi connectivity index (χ3n) is 3.30. The van der Waals surface area contributed by atoms with Crippen LogP contribution >= 0.6 is 0 Å². The van der Waals surface area contributed by atoms with Crippen molar-refractivity contribution in [1.29, 1.82) is 0 Å². The van der Waals surface area contributed by atoms with E-state index in [1.165, 1.54) is 12.1 Å². The Kier molecular flexibility index (Phi) is 8.84. The number of nitrogens with one attached hydrogen (secondary N) is 2. The highest BCUT2D eigenvalue weighted by Gasteiger charge is 2.21. The van der Waals surface area contributed by atoms with Gasteiger partial charge in [-0.15, -0.1) is 0 Å². The van der Waals surface area contributed by atoms with Crippen molar-refractivity contribution in [2.24, 2.45) is 0 Å². The fourth-order valence-corrected chi connectivity index (χ4v) is 3.42. The Morgan fingerprint density at radius 2 is 2.08 bits per heavy atom. The quantitative estimate of drug-likeness (QED) is 0.475. The first kappa shape index (κ1) is 21.4. The molecule has 1 aromatic rings. The predicted octanol–water partition coefficient (Wildman–Crippen LogP) is 1.54. The molecule has 0 radical (unpaired) electrons. The summed E-state index contributed by atoms with van der Waals surface area (Å²) in [6.45, 7) is 5.29. The molecular weight excluding hydrogens is 348 g/mol. The van der Waals surface area contributed by atoms with Crippen molar-refractivity contribution in [2.45, 2.75) is 31.2 Å². The van der Waals surface area contributed by atoms with Gasteiger partial charge >= 0.3 is 5.97 Å². The Hall–Kier alpha value is -1.68. The SMILES string of the molecule is CCOCCCNS(=O)(=O)c1cc(C(=O)O)ccc1NC(C)COC. The van der Waals surface area contributed by atoms with Crippen LogP contribution in [0.4, 0.5) is 5.69 Å². The molecule has 0 aliphatic rings. The number of benzene rings is 1. The molecule has 0 aliphatic carbocycles. The van der Waals surface area contributed by atoms with E-state index in [1.807, 2.05) is 13.8 Å². The second kappa shape index (κ2) is 10.3. The number of carboxylic acid groups (broad SMARTS) is 1. The number of hydrogen-bond acceptors (Lipinski definition) is 6. The molecule has 0 saturated heterocycles. The summed E-state index contributed by atoms with van der Waals surface area (Å²) in [5, 5.41) is 12.2. The monoisotopic (exact) mass is 374 g/mol. The fraction of sp³-hybridized carbons (Fsp3) is 0.562. The normalized spacial score (nSPS) is 12.8. The molecule has 1 rings (SSSR count). The maximum absolute atomic E-state index is 12.6. The summed E-state index contributed by atoms with van der Waals surface area (Å²) in [6, 6.07) is 3.81. The molecule has 0 fully saturated rings. The summed E-state index contributed by atoms with van der Waals surface area (Å²) in [5.41, 5.74) is 0.228. The molecular formula is C16H26N2O6S. The third kappa shape index (κ3) is 6.99. The van der Waals surface area contributed by atoms with Crippen LogP contribution in [0.15, 0.2) is 23.1 Å². The summed E-state index contributed by atoms with van der Waals surface area (Å²) in [5.74, 6) is -1.19. The van der Waals surface area contributed by atoms with Gasteiger partial charge in [-0.25, -0.2) is 17.9 Å². The van der Waals surface area contributed by atoms with Crippen LogP contribution in [0.5, 0.6) is 0 Å². The molecule has 0 amide bonds. The molecule has 0 spiro atoms. The molecule has 25 heavy (non-hydrogen) atoms. The van der Waals surface area contributed by atoms with Crippen molar-refractivity contribution < 1.29 is 27.8 Å². The largest absolute Gasteiger partial charge is 0.478 e. The highest BCUT2D eigenvalue weighted by molar-refractivity contribution is 7.89. The molecule has 3 N–H and O–H groups in total. The van der Waals surface area contributed by atoms with Gasteiger partial charge in [0.15, 0.2) is 0 Å². The lowest BCUT2D eigenvalue weighted by Crippen LogP contribution is -2.28. The Labute approximate surface area is 148 Å². The van der Waals surface area contributed by atoms with Crippen LogP contribution in [0.1, 0.15) is 30.6 Å². The van der Waals surface area contributed by atoms with Gasteiger partial charge < -0.3 is 19.9 Å². The highest BCUT2D eigenvalue weighted by atomic mass is 32.2. The van der Waals surface area contributed by atoms with Gasteiger partial charge in [0, 0.05) is 32.9 Å². The number of methoxy groups -OCH3 is 1. The van der Waals surface area contributed by atoms with Gasteiger partial charge in [0.05, 0.1) is 17.9 Å². The minimum absolute atomic E-state index is 0.0976. The zero-order valence-corrected chi connectivity index (χ0v) is 15.6. The van der Waals surface area contributed by atoms with E-state index in [4.69, 9.17) is 14.6 Å². The van der Waals surface area contributed by atoms with E-state index in [1.54, 1.807) is 7.11 Å². The number of aromatic carboxylic acids is 1. The van der Waals surface area contributed by atoms with Crippen molar-refractivity contribution in [3.05, 3.63) is 23.8 Å². The van der Waals surface area contributed by atoms with Crippen molar-refractivity contribution in [3.8, 4) is 0 Å². The van der Waals surface area contributed by atoms with Crippen LogP contribution in [0.3, 0.4) is 0 Å². The molecule has 1 unspecified atom stereocenters. The molecule has 0 aliphatic heterocycles. The molecule has 1 aromatic carbocycles. The summed E-state index contributed by atoms with van der Waals surface area (Å²) < 4.78 is 37.8. The second-order valence-corrected chi connectivity index (χ2v) is 7.20. The van der Waals surface area contributed by atoms with Gasteiger partial charge in [-0.1, -0.05) is 0 Å². The minimum atomic E-state index is -3.87. The number of carbonyl (C=O) groups is 1. The average molecular weight is 374 g/mol. The Morgan fingerprint density at radius 1 is 1.36 bits per heavy atom. The van der Waals surface area contributed by atoms with E-state index >= 15 is 0 Å². The number of rotatable bonds is 12. The van der Waals surface area contributed by atoms with Crippen molar-refractivity contribution in [1.82, 2.24) is 4.72 Å². The van der Waals surface area contributed by atoms with E-state index in [0.717, 1.165) is 6.07 Å². The van der Waals surface area contributed by atoms with Crippen LogP contribution in [-0.4, -0.2) is 59.0 Å². The molecule has 8 nitrogen and oxygen atoms in total. The van der Waals surface area contributed by atoms with Gasteiger partial charge in [0.1, 0.15) is 4.90 Å². The van der Waals surface area contributed by atoms with E-state index in [2.05, 4.69) is 10.0 Å². The van der Waals surface area contributed by atoms with E-state index < -0.39 is 16.0 Å². The van der Waals surface area contributed by atoms with Crippen molar-refractivity contribution in [2.75, 3.05) is 38.8 Å².